The first-order valence-corrected chi connectivity index (χ1v) is 4.29. The first-order valence-electron chi connectivity index (χ1n) is 4.29. The summed E-state index contributed by atoms with van der Waals surface area (Å²) in [5.74, 6) is -0.761. The van der Waals surface area contributed by atoms with Gasteiger partial charge in [0.25, 0.3) is 0 Å². The van der Waals surface area contributed by atoms with Gasteiger partial charge in [0.2, 0.25) is 5.91 Å². The van der Waals surface area contributed by atoms with Gasteiger partial charge in [0.1, 0.15) is 6.10 Å². The topological polar surface area (TPSA) is 95.6 Å². The van der Waals surface area contributed by atoms with Crippen molar-refractivity contribution in [3.8, 4) is 0 Å². The van der Waals surface area contributed by atoms with E-state index in [1.54, 1.807) is 6.92 Å². The summed E-state index contributed by atoms with van der Waals surface area (Å²) in [7, 11) is 0. The molecule has 0 aliphatic carbocycles. The highest BCUT2D eigenvalue weighted by Gasteiger charge is 2.18. The van der Waals surface area contributed by atoms with Crippen molar-refractivity contribution in [3.05, 3.63) is 0 Å². The summed E-state index contributed by atoms with van der Waals surface area (Å²) < 4.78 is 0. The number of amides is 1. The lowest BCUT2D eigenvalue weighted by Crippen LogP contribution is -2.43. The van der Waals surface area contributed by atoms with Gasteiger partial charge in [0.15, 0.2) is 0 Å². The Bertz CT molecular complexity index is 171. The van der Waals surface area contributed by atoms with Crippen molar-refractivity contribution < 1.29 is 15.0 Å². The molecule has 0 spiro atoms. The monoisotopic (exact) mass is 190 g/mol. The van der Waals surface area contributed by atoms with E-state index in [9.17, 15) is 9.90 Å². The van der Waals surface area contributed by atoms with Crippen molar-refractivity contribution in [2.45, 2.75) is 32.0 Å². The maximum Gasteiger partial charge on any atom is 0.247 e. The minimum atomic E-state index is -1.19. The normalized spacial score (nSPS) is 17.8. The molecule has 0 fully saturated rings. The maximum absolute atomic E-state index is 10.4. The van der Waals surface area contributed by atoms with Gasteiger partial charge >= 0.3 is 0 Å². The Kier molecular flexibility index (Phi) is 4.90. The molecule has 0 aliphatic heterocycles. The maximum atomic E-state index is 10.4. The number of aliphatic hydroxyl groups excluding tert-OH is 1. The number of rotatable bonds is 6. The minimum absolute atomic E-state index is 0.0749. The second-order valence-electron chi connectivity index (χ2n) is 3.40. The van der Waals surface area contributed by atoms with E-state index < -0.39 is 17.6 Å². The van der Waals surface area contributed by atoms with Crippen molar-refractivity contribution in [1.29, 1.82) is 0 Å². The fourth-order valence-electron chi connectivity index (χ4n) is 0.704. The van der Waals surface area contributed by atoms with E-state index in [-0.39, 0.29) is 6.54 Å². The second kappa shape index (κ2) is 5.16. The zero-order valence-corrected chi connectivity index (χ0v) is 8.08. The van der Waals surface area contributed by atoms with E-state index in [4.69, 9.17) is 10.8 Å². The molecule has 0 rings (SSSR count). The Morgan fingerprint density at radius 1 is 1.69 bits per heavy atom. The van der Waals surface area contributed by atoms with Crippen LogP contribution in [0.3, 0.4) is 0 Å². The second-order valence-corrected chi connectivity index (χ2v) is 3.40. The number of primary amides is 1. The lowest BCUT2D eigenvalue weighted by atomic mass is 10.0. The highest BCUT2D eigenvalue weighted by molar-refractivity contribution is 5.78. The van der Waals surface area contributed by atoms with Crippen LogP contribution in [0, 0.1) is 0 Å². The van der Waals surface area contributed by atoms with E-state index in [1.807, 2.05) is 6.92 Å². The summed E-state index contributed by atoms with van der Waals surface area (Å²) in [5.41, 5.74) is 4.02. The molecular formula is C8H18N2O3. The first kappa shape index (κ1) is 12.3. The van der Waals surface area contributed by atoms with Crippen LogP contribution < -0.4 is 11.1 Å². The third-order valence-electron chi connectivity index (χ3n) is 1.93. The van der Waals surface area contributed by atoms with Gasteiger partial charge in [0, 0.05) is 13.1 Å². The van der Waals surface area contributed by atoms with E-state index in [1.165, 1.54) is 0 Å². The number of nitrogens with two attached hydrogens (primary N) is 1. The summed E-state index contributed by atoms with van der Waals surface area (Å²) in [6.07, 6.45) is -0.584. The molecule has 0 saturated carbocycles. The predicted octanol–water partition coefficient (Wildman–Crippen LogP) is -1.42. The van der Waals surface area contributed by atoms with Gasteiger partial charge in [0.05, 0.1) is 5.60 Å². The molecule has 2 unspecified atom stereocenters. The molecule has 2 atom stereocenters. The van der Waals surface area contributed by atoms with Gasteiger partial charge in [-0.25, -0.2) is 0 Å². The SMILES string of the molecule is CCC(C)(O)CNCC(O)C(N)=O. The Labute approximate surface area is 77.9 Å². The van der Waals surface area contributed by atoms with E-state index in [0.717, 1.165) is 0 Å². The average Bonchev–Trinajstić information content (AvgIpc) is 2.04. The number of carbonyl (C=O) groups excluding carboxylic acids is 1. The van der Waals surface area contributed by atoms with Crippen LogP contribution in [0.15, 0.2) is 0 Å². The van der Waals surface area contributed by atoms with Crippen LogP contribution >= 0.6 is 0 Å². The van der Waals surface area contributed by atoms with E-state index >= 15 is 0 Å². The smallest absolute Gasteiger partial charge is 0.247 e. The summed E-state index contributed by atoms with van der Waals surface area (Å²) in [6, 6.07) is 0. The third kappa shape index (κ3) is 5.57. The van der Waals surface area contributed by atoms with Gasteiger partial charge in [-0.1, -0.05) is 6.92 Å². The Morgan fingerprint density at radius 2 is 2.23 bits per heavy atom. The molecule has 0 bridgehead atoms. The molecule has 13 heavy (non-hydrogen) atoms. The summed E-state index contributed by atoms with van der Waals surface area (Å²) in [5, 5.41) is 21.2. The molecule has 0 heterocycles. The van der Waals surface area contributed by atoms with Gasteiger partial charge in [-0.2, -0.15) is 0 Å². The van der Waals surface area contributed by atoms with Gasteiger partial charge in [-0.15, -0.1) is 0 Å². The molecule has 0 radical (unpaired) electrons. The van der Waals surface area contributed by atoms with Crippen molar-refractivity contribution in [1.82, 2.24) is 5.32 Å². The zero-order valence-electron chi connectivity index (χ0n) is 8.08. The molecule has 0 aliphatic rings. The van der Waals surface area contributed by atoms with Crippen LogP contribution in [0.2, 0.25) is 0 Å². The van der Waals surface area contributed by atoms with Crippen molar-refractivity contribution in [3.63, 3.8) is 0 Å². The lowest BCUT2D eigenvalue weighted by molar-refractivity contribution is -0.125. The van der Waals surface area contributed by atoms with Crippen LogP contribution in [0.1, 0.15) is 20.3 Å². The van der Waals surface area contributed by atoms with Gasteiger partial charge < -0.3 is 21.3 Å². The van der Waals surface area contributed by atoms with E-state index in [2.05, 4.69) is 5.32 Å². The molecular weight excluding hydrogens is 172 g/mol. The largest absolute Gasteiger partial charge is 0.389 e. The predicted molar refractivity (Wildman–Crippen MR) is 49.0 cm³/mol. The third-order valence-corrected chi connectivity index (χ3v) is 1.93. The fourth-order valence-corrected chi connectivity index (χ4v) is 0.704. The Morgan fingerprint density at radius 3 is 2.62 bits per heavy atom. The first-order chi connectivity index (χ1) is 5.89. The van der Waals surface area contributed by atoms with Gasteiger partial charge in [-0.05, 0) is 13.3 Å². The number of hydrogen-bond acceptors (Lipinski definition) is 4. The van der Waals surface area contributed by atoms with Crippen LogP contribution in [0.4, 0.5) is 0 Å². The molecule has 5 nitrogen and oxygen atoms in total. The molecule has 0 aromatic rings. The fraction of sp³-hybridized carbons (Fsp3) is 0.875. The Balaban J connectivity index is 3.62. The number of hydrogen-bond donors (Lipinski definition) is 4. The highest BCUT2D eigenvalue weighted by atomic mass is 16.3. The van der Waals surface area contributed by atoms with Crippen molar-refractivity contribution in [2.75, 3.05) is 13.1 Å². The Hall–Kier alpha value is -0.650. The minimum Gasteiger partial charge on any atom is -0.389 e. The zero-order chi connectivity index (χ0) is 10.5. The average molecular weight is 190 g/mol. The van der Waals surface area contributed by atoms with E-state index in [0.29, 0.717) is 13.0 Å². The summed E-state index contributed by atoms with van der Waals surface area (Å²) in [4.78, 5) is 10.4. The van der Waals surface area contributed by atoms with Crippen LogP contribution in [-0.2, 0) is 4.79 Å². The van der Waals surface area contributed by atoms with Crippen molar-refractivity contribution >= 4 is 5.91 Å². The van der Waals surface area contributed by atoms with Gasteiger partial charge in [-0.3, -0.25) is 4.79 Å². The molecule has 0 aromatic carbocycles. The molecule has 1 amide bonds. The lowest BCUT2D eigenvalue weighted by Gasteiger charge is -2.22. The van der Waals surface area contributed by atoms with Crippen LogP contribution in [-0.4, -0.2) is 40.9 Å². The standard InChI is InChI=1S/C8H18N2O3/c1-3-8(2,13)5-10-4-6(11)7(9)12/h6,10-11,13H,3-5H2,1-2H3,(H2,9,12). The quantitative estimate of drug-likeness (QED) is 0.413. The molecule has 0 aromatic heterocycles. The number of aliphatic hydroxyl groups is 2. The summed E-state index contributed by atoms with van der Waals surface area (Å²) in [6.45, 7) is 3.93. The van der Waals surface area contributed by atoms with Crippen molar-refractivity contribution in [2.24, 2.45) is 5.73 Å². The molecule has 0 saturated heterocycles. The number of carbonyl (C=O) groups is 1. The number of nitrogens with one attached hydrogen (secondary N) is 1. The molecule has 5 N–H and O–H groups in total. The summed E-state index contributed by atoms with van der Waals surface area (Å²) >= 11 is 0. The van der Waals surface area contributed by atoms with Crippen LogP contribution in [0.5, 0.6) is 0 Å². The highest BCUT2D eigenvalue weighted by Crippen LogP contribution is 2.05. The van der Waals surface area contributed by atoms with Crippen LogP contribution in [0.25, 0.3) is 0 Å². The molecule has 5 heteroatoms. The molecule has 78 valence electrons.